The molecule has 0 saturated carbocycles. The van der Waals surface area contributed by atoms with Crippen LogP contribution in [0.15, 0.2) is 52.6 Å². The summed E-state index contributed by atoms with van der Waals surface area (Å²) in [6.07, 6.45) is 2.68. The smallest absolute Gasteiger partial charge is 0.169 e. The van der Waals surface area contributed by atoms with Gasteiger partial charge in [-0.05, 0) is 24.1 Å². The van der Waals surface area contributed by atoms with E-state index in [2.05, 4.69) is 27.7 Å². The van der Waals surface area contributed by atoms with Crippen molar-refractivity contribution in [3.8, 4) is 11.5 Å². The summed E-state index contributed by atoms with van der Waals surface area (Å²) in [5.74, 6) is 2.13. The van der Waals surface area contributed by atoms with Crippen LogP contribution in [0.4, 0.5) is 0 Å². The van der Waals surface area contributed by atoms with Gasteiger partial charge in [0.05, 0.1) is 20.4 Å². The number of methoxy groups -OCH3 is 2. The third kappa shape index (κ3) is 3.18. The Morgan fingerprint density at radius 2 is 1.96 bits per heavy atom. The summed E-state index contributed by atoms with van der Waals surface area (Å²) in [5.41, 5.74) is 6.27. The van der Waals surface area contributed by atoms with Gasteiger partial charge in [-0.2, -0.15) is 5.10 Å². The van der Waals surface area contributed by atoms with Crippen LogP contribution in [0.1, 0.15) is 16.7 Å². The normalized spacial score (nSPS) is 13.4. The van der Waals surface area contributed by atoms with Gasteiger partial charge in [-0.3, -0.25) is 10.4 Å². The first-order valence-corrected chi connectivity index (χ1v) is 7.46. The molecule has 5 heteroatoms. The third-order valence-corrected chi connectivity index (χ3v) is 3.73. The molecule has 1 heterocycles. The number of nitrogens with zero attached hydrogens (tertiary/aromatic N) is 2. The molecule has 0 radical (unpaired) electrons. The number of fused-ring (bicyclic) bond motifs is 1. The van der Waals surface area contributed by atoms with Gasteiger partial charge in [0.2, 0.25) is 0 Å². The summed E-state index contributed by atoms with van der Waals surface area (Å²) in [6.45, 7) is 0.775. The van der Waals surface area contributed by atoms with E-state index in [1.165, 1.54) is 5.56 Å². The van der Waals surface area contributed by atoms with Crippen molar-refractivity contribution in [3.63, 3.8) is 0 Å². The molecule has 0 spiro atoms. The molecule has 0 bridgehead atoms. The van der Waals surface area contributed by atoms with E-state index in [0.717, 1.165) is 29.9 Å². The van der Waals surface area contributed by atoms with E-state index in [4.69, 9.17) is 9.47 Å². The van der Waals surface area contributed by atoms with Crippen LogP contribution in [0.3, 0.4) is 0 Å². The average molecular weight is 309 g/mol. The second-order valence-corrected chi connectivity index (χ2v) is 5.09. The minimum absolute atomic E-state index is 0.659. The number of aliphatic imine (C=N–C) groups is 1. The van der Waals surface area contributed by atoms with Crippen molar-refractivity contribution in [2.75, 3.05) is 20.8 Å². The van der Waals surface area contributed by atoms with Crippen molar-refractivity contribution in [2.24, 2.45) is 10.1 Å². The maximum atomic E-state index is 5.39. The SMILES string of the molecule is COc1cccc(/C=N/NC2=NCCc3ccccc32)c1OC. The zero-order chi connectivity index (χ0) is 16.1. The van der Waals surface area contributed by atoms with E-state index in [1.807, 2.05) is 30.3 Å². The van der Waals surface area contributed by atoms with Gasteiger partial charge in [-0.25, -0.2) is 0 Å². The van der Waals surface area contributed by atoms with Crippen molar-refractivity contribution < 1.29 is 9.47 Å². The molecular weight excluding hydrogens is 290 g/mol. The van der Waals surface area contributed by atoms with Crippen LogP contribution in [0.2, 0.25) is 0 Å². The Morgan fingerprint density at radius 1 is 1.09 bits per heavy atom. The molecule has 118 valence electrons. The molecule has 0 aliphatic carbocycles. The Balaban J connectivity index is 1.79. The summed E-state index contributed by atoms with van der Waals surface area (Å²) in [7, 11) is 3.23. The van der Waals surface area contributed by atoms with Crippen LogP contribution in [-0.4, -0.2) is 32.8 Å². The first-order valence-electron chi connectivity index (χ1n) is 7.46. The topological polar surface area (TPSA) is 55.2 Å². The molecule has 0 fully saturated rings. The standard InChI is InChI=1S/C18H19N3O2/c1-22-16-9-5-7-14(17(16)23-2)12-20-21-18-15-8-4-3-6-13(15)10-11-19-18/h3-9,12H,10-11H2,1-2H3,(H,19,21)/b20-12+. The summed E-state index contributed by atoms with van der Waals surface area (Å²) in [6, 6.07) is 13.9. The van der Waals surface area contributed by atoms with Crippen LogP contribution in [0.5, 0.6) is 11.5 Å². The van der Waals surface area contributed by atoms with E-state index in [1.54, 1.807) is 20.4 Å². The third-order valence-electron chi connectivity index (χ3n) is 3.73. The molecular formula is C18H19N3O2. The fourth-order valence-electron chi connectivity index (χ4n) is 2.61. The molecule has 0 atom stereocenters. The number of benzene rings is 2. The van der Waals surface area contributed by atoms with Gasteiger partial charge in [0.15, 0.2) is 11.5 Å². The average Bonchev–Trinajstić information content (AvgIpc) is 2.61. The first-order chi connectivity index (χ1) is 11.3. The lowest BCUT2D eigenvalue weighted by molar-refractivity contribution is 0.354. The first kappa shape index (κ1) is 15.1. The zero-order valence-corrected chi connectivity index (χ0v) is 13.2. The molecule has 1 aliphatic heterocycles. The van der Waals surface area contributed by atoms with Crippen molar-refractivity contribution >= 4 is 12.1 Å². The molecule has 0 unspecified atom stereocenters. The number of hydrogen-bond acceptors (Lipinski definition) is 5. The van der Waals surface area contributed by atoms with Gasteiger partial charge in [0.25, 0.3) is 0 Å². The lowest BCUT2D eigenvalue weighted by atomic mass is 10.0. The highest BCUT2D eigenvalue weighted by atomic mass is 16.5. The van der Waals surface area contributed by atoms with Crippen LogP contribution < -0.4 is 14.9 Å². The summed E-state index contributed by atoms with van der Waals surface area (Å²) in [5, 5.41) is 4.31. The van der Waals surface area contributed by atoms with E-state index in [0.29, 0.717) is 11.5 Å². The maximum Gasteiger partial charge on any atom is 0.169 e. The Kier molecular flexibility index (Phi) is 4.57. The van der Waals surface area contributed by atoms with E-state index in [9.17, 15) is 0 Å². The molecule has 0 amide bonds. The Labute approximate surface area is 135 Å². The minimum atomic E-state index is 0.659. The number of rotatable bonds is 4. The van der Waals surface area contributed by atoms with E-state index < -0.39 is 0 Å². The monoisotopic (exact) mass is 309 g/mol. The van der Waals surface area contributed by atoms with Crippen LogP contribution in [0.25, 0.3) is 0 Å². The molecule has 2 aromatic rings. The molecule has 0 aromatic heterocycles. The molecule has 5 nitrogen and oxygen atoms in total. The van der Waals surface area contributed by atoms with Gasteiger partial charge in [0, 0.05) is 17.7 Å². The quantitative estimate of drug-likeness (QED) is 0.698. The number of hydrogen-bond donors (Lipinski definition) is 1. The van der Waals surface area contributed by atoms with Gasteiger partial charge in [-0.15, -0.1) is 0 Å². The van der Waals surface area contributed by atoms with Gasteiger partial charge in [0.1, 0.15) is 5.84 Å². The number of nitrogens with one attached hydrogen (secondary N) is 1. The molecule has 3 rings (SSSR count). The predicted octanol–water partition coefficient (Wildman–Crippen LogP) is 2.63. The number of amidine groups is 1. The van der Waals surface area contributed by atoms with Crippen molar-refractivity contribution in [1.29, 1.82) is 0 Å². The van der Waals surface area contributed by atoms with Crippen molar-refractivity contribution in [1.82, 2.24) is 5.43 Å². The van der Waals surface area contributed by atoms with Gasteiger partial charge in [-0.1, -0.05) is 30.3 Å². The lowest BCUT2D eigenvalue weighted by Crippen LogP contribution is -2.24. The maximum absolute atomic E-state index is 5.39. The fourth-order valence-corrected chi connectivity index (χ4v) is 2.61. The second-order valence-electron chi connectivity index (χ2n) is 5.09. The van der Waals surface area contributed by atoms with E-state index >= 15 is 0 Å². The highest BCUT2D eigenvalue weighted by molar-refractivity contribution is 6.01. The number of hydrazone groups is 1. The lowest BCUT2D eigenvalue weighted by Gasteiger charge is -2.15. The van der Waals surface area contributed by atoms with Gasteiger partial charge < -0.3 is 9.47 Å². The van der Waals surface area contributed by atoms with Crippen LogP contribution in [-0.2, 0) is 6.42 Å². The Bertz CT molecular complexity index is 754. The largest absolute Gasteiger partial charge is 0.493 e. The van der Waals surface area contributed by atoms with Crippen molar-refractivity contribution in [2.45, 2.75) is 6.42 Å². The molecule has 23 heavy (non-hydrogen) atoms. The fraction of sp³-hybridized carbons (Fsp3) is 0.222. The summed E-state index contributed by atoms with van der Waals surface area (Å²) >= 11 is 0. The minimum Gasteiger partial charge on any atom is -0.493 e. The Hall–Kier alpha value is -2.82. The number of para-hydroxylation sites is 1. The highest BCUT2D eigenvalue weighted by Gasteiger charge is 2.12. The molecule has 0 saturated heterocycles. The van der Waals surface area contributed by atoms with Crippen LogP contribution >= 0.6 is 0 Å². The van der Waals surface area contributed by atoms with Crippen molar-refractivity contribution in [3.05, 3.63) is 59.2 Å². The Morgan fingerprint density at radius 3 is 2.78 bits per heavy atom. The van der Waals surface area contributed by atoms with Gasteiger partial charge >= 0.3 is 0 Å². The number of ether oxygens (including phenoxy) is 2. The summed E-state index contributed by atoms with van der Waals surface area (Å²) in [4.78, 5) is 4.51. The molecule has 1 aliphatic rings. The van der Waals surface area contributed by atoms with E-state index in [-0.39, 0.29) is 0 Å². The molecule has 2 aromatic carbocycles. The zero-order valence-electron chi connectivity index (χ0n) is 13.2. The highest BCUT2D eigenvalue weighted by Crippen LogP contribution is 2.29. The van der Waals surface area contributed by atoms with Crippen LogP contribution in [0, 0.1) is 0 Å². The second kappa shape index (κ2) is 6.96. The predicted molar refractivity (Wildman–Crippen MR) is 91.8 cm³/mol. The summed E-state index contributed by atoms with van der Waals surface area (Å²) < 4.78 is 10.7. The molecule has 1 N–H and O–H groups in total.